The first kappa shape index (κ1) is 24.9. The van der Waals surface area contributed by atoms with Crippen LogP contribution in [0.5, 0.6) is 0 Å². The highest BCUT2D eigenvalue weighted by Crippen LogP contribution is 2.42. The Morgan fingerprint density at radius 1 is 1.03 bits per heavy atom. The lowest BCUT2D eigenvalue weighted by molar-refractivity contribution is -0.921. The molecule has 9 heteroatoms. The number of halogens is 2. The van der Waals surface area contributed by atoms with E-state index in [2.05, 4.69) is 35.3 Å². The van der Waals surface area contributed by atoms with Crippen molar-refractivity contribution in [1.29, 1.82) is 0 Å². The highest BCUT2D eigenvalue weighted by molar-refractivity contribution is 6.44. The monoisotopic (exact) mass is 548 g/mol. The molecule has 0 bridgehead atoms. The number of H-pyrrole nitrogens is 1. The number of benzene rings is 3. The van der Waals surface area contributed by atoms with Gasteiger partial charge in [-0.25, -0.2) is 5.01 Å². The van der Waals surface area contributed by atoms with Gasteiger partial charge in [0.1, 0.15) is 19.6 Å². The van der Waals surface area contributed by atoms with E-state index in [0.717, 1.165) is 60.7 Å². The first-order valence-electron chi connectivity index (χ1n) is 12.7. The van der Waals surface area contributed by atoms with E-state index < -0.39 is 6.17 Å². The maximum absolute atomic E-state index is 13.0. The predicted molar refractivity (Wildman–Crippen MR) is 152 cm³/mol. The van der Waals surface area contributed by atoms with Crippen LogP contribution in [0.25, 0.3) is 10.9 Å². The van der Waals surface area contributed by atoms with E-state index in [-0.39, 0.29) is 5.78 Å². The Morgan fingerprint density at radius 3 is 2.50 bits per heavy atom. The summed E-state index contributed by atoms with van der Waals surface area (Å²) in [6.45, 7) is 6.12. The number of nitrogens with one attached hydrogen (secondary N) is 2. The lowest BCUT2D eigenvalue weighted by Gasteiger charge is -2.32. The molecule has 2 N–H and O–H groups in total. The van der Waals surface area contributed by atoms with Crippen LogP contribution in [-0.4, -0.2) is 42.9 Å². The summed E-state index contributed by atoms with van der Waals surface area (Å²) in [4.78, 5) is 19.9. The minimum Gasteiger partial charge on any atom is -0.370 e. The summed E-state index contributed by atoms with van der Waals surface area (Å²) >= 11 is 12.6. The zero-order chi connectivity index (χ0) is 26.2. The summed E-state index contributed by atoms with van der Waals surface area (Å²) in [6, 6.07) is 22.0. The molecule has 2 aliphatic rings. The van der Waals surface area contributed by atoms with Crippen molar-refractivity contribution >= 4 is 57.1 Å². The van der Waals surface area contributed by atoms with Gasteiger partial charge in [0.05, 0.1) is 28.9 Å². The zero-order valence-electron chi connectivity index (χ0n) is 21.0. The second-order valence-electron chi connectivity index (χ2n) is 9.66. The van der Waals surface area contributed by atoms with Crippen molar-refractivity contribution in [2.45, 2.75) is 19.6 Å². The molecule has 3 heterocycles. The van der Waals surface area contributed by atoms with Crippen LogP contribution in [0.1, 0.15) is 24.2 Å². The average molecular weight is 549 g/mol. The number of anilines is 2. The molecule has 194 valence electrons. The van der Waals surface area contributed by atoms with Gasteiger partial charge in [-0.3, -0.25) is 9.69 Å². The molecule has 38 heavy (non-hydrogen) atoms. The number of Topliss-reactive ketones (excluding diaryl/α,β-unsaturated/α-hetero) is 1. The smallest absolute Gasteiger partial charge is 0.198 e. The van der Waals surface area contributed by atoms with Gasteiger partial charge in [0.15, 0.2) is 17.8 Å². The molecule has 0 spiro atoms. The van der Waals surface area contributed by atoms with Gasteiger partial charge < -0.3 is 14.6 Å². The Bertz CT molecular complexity index is 1510. The number of nitrogens with zero attached hydrogens (tertiary/aromatic N) is 3. The summed E-state index contributed by atoms with van der Waals surface area (Å²) in [6.07, 6.45) is 1.57. The van der Waals surface area contributed by atoms with E-state index in [1.807, 2.05) is 40.4 Å². The van der Waals surface area contributed by atoms with E-state index in [1.165, 1.54) is 10.5 Å². The fourth-order valence-electron chi connectivity index (χ4n) is 5.24. The number of carbonyl (C=O) groups excluding carboxylic acids is 1. The zero-order valence-corrected chi connectivity index (χ0v) is 22.5. The number of ketones is 1. The molecule has 6 rings (SSSR count). The molecule has 0 aliphatic carbocycles. The van der Waals surface area contributed by atoms with Crippen LogP contribution in [0.3, 0.4) is 0 Å². The third-order valence-corrected chi connectivity index (χ3v) is 7.90. The number of hydrazone groups is 1. The van der Waals surface area contributed by atoms with Gasteiger partial charge in [0, 0.05) is 40.8 Å². The number of para-hydroxylation sites is 1. The Morgan fingerprint density at radius 2 is 1.76 bits per heavy atom. The lowest BCUT2D eigenvalue weighted by Crippen LogP contribution is -3.12. The number of quaternary nitrogens is 1. The maximum atomic E-state index is 13.0. The summed E-state index contributed by atoms with van der Waals surface area (Å²) < 4.78 is 5.50. The molecule has 2 aliphatic heterocycles. The van der Waals surface area contributed by atoms with Crippen molar-refractivity contribution in [3.63, 3.8) is 0 Å². The number of rotatable bonds is 6. The molecular formula is C29H28Cl2N5O2+. The third kappa shape index (κ3) is 4.67. The molecule has 7 nitrogen and oxygen atoms in total. The minimum absolute atomic E-state index is 0.126. The van der Waals surface area contributed by atoms with Crippen molar-refractivity contribution in [3.05, 3.63) is 94.1 Å². The van der Waals surface area contributed by atoms with E-state index in [4.69, 9.17) is 33.0 Å². The second-order valence-corrected chi connectivity index (χ2v) is 10.5. The van der Waals surface area contributed by atoms with Gasteiger partial charge in [-0.1, -0.05) is 53.5 Å². The minimum atomic E-state index is -0.419. The average Bonchev–Trinajstić information content (AvgIpc) is 3.53. The van der Waals surface area contributed by atoms with Gasteiger partial charge in [0.2, 0.25) is 0 Å². The van der Waals surface area contributed by atoms with E-state index >= 15 is 0 Å². The van der Waals surface area contributed by atoms with Gasteiger partial charge >= 0.3 is 0 Å². The number of fused-ring (bicyclic) bond motifs is 1. The van der Waals surface area contributed by atoms with Crippen molar-refractivity contribution in [2.24, 2.45) is 5.10 Å². The van der Waals surface area contributed by atoms with E-state index in [0.29, 0.717) is 15.9 Å². The van der Waals surface area contributed by atoms with E-state index in [1.54, 1.807) is 19.1 Å². The summed E-state index contributed by atoms with van der Waals surface area (Å²) in [7, 11) is 0. The molecular weight excluding hydrogens is 521 g/mol. The fourth-order valence-corrected chi connectivity index (χ4v) is 5.53. The number of hydrogen-bond acceptors (Lipinski definition) is 5. The standard InChI is InChI=1S/C29H27Cl2N5O2/c1-19(37)28-33-36(22-10-11-25(30)26(31)16-22)29(24-17-32-27-5-3-2-4-23(24)27)35(28)21-8-6-20(7-9-21)18-34-12-14-38-15-13-34/h2-11,16-17,29,32H,12-15,18H2,1H3/p+1/t29-/m1/s1. The van der Waals surface area contributed by atoms with Crippen LogP contribution in [0.2, 0.25) is 10.0 Å². The largest absolute Gasteiger partial charge is 0.370 e. The number of amidine groups is 1. The molecule has 0 amide bonds. The number of hydrogen-bond donors (Lipinski definition) is 2. The maximum Gasteiger partial charge on any atom is 0.198 e. The summed E-state index contributed by atoms with van der Waals surface area (Å²) in [5.74, 6) is 0.233. The Kier molecular flexibility index (Phi) is 6.84. The number of aromatic nitrogens is 1. The number of morpholine rings is 1. The third-order valence-electron chi connectivity index (χ3n) is 7.16. The Balaban J connectivity index is 1.44. The molecule has 0 radical (unpaired) electrons. The van der Waals surface area contributed by atoms with Crippen LogP contribution in [0.4, 0.5) is 11.4 Å². The van der Waals surface area contributed by atoms with Crippen LogP contribution in [0.15, 0.2) is 78.0 Å². The lowest BCUT2D eigenvalue weighted by atomic mass is 10.1. The predicted octanol–water partition coefficient (Wildman–Crippen LogP) is 4.82. The number of aromatic amines is 1. The van der Waals surface area contributed by atoms with Gasteiger partial charge in [-0.05, 0) is 36.4 Å². The Labute approximate surface area is 231 Å². The van der Waals surface area contributed by atoms with Crippen molar-refractivity contribution < 1.29 is 14.4 Å². The van der Waals surface area contributed by atoms with Gasteiger partial charge in [-0.2, -0.15) is 0 Å². The van der Waals surface area contributed by atoms with Crippen LogP contribution in [-0.2, 0) is 16.1 Å². The van der Waals surface area contributed by atoms with Gasteiger partial charge in [-0.15, -0.1) is 5.10 Å². The first-order chi connectivity index (χ1) is 18.5. The number of carbonyl (C=O) groups is 1. The molecule has 0 saturated carbocycles. The normalized spacial score (nSPS) is 18.3. The molecule has 0 unspecified atom stereocenters. The SMILES string of the molecule is CC(=O)C1=NN(c2ccc(Cl)c(Cl)c2)[C@H](c2c[nH]c3ccccc23)N1c1ccc(C[NH+]2CCOCC2)cc1. The molecule has 3 aromatic carbocycles. The molecule has 1 aromatic heterocycles. The molecule has 1 fully saturated rings. The molecule has 1 atom stereocenters. The summed E-state index contributed by atoms with van der Waals surface area (Å²) in [5, 5.41) is 8.63. The molecule has 4 aromatic rings. The Hall–Kier alpha value is -3.36. The summed E-state index contributed by atoms with van der Waals surface area (Å²) in [5.41, 5.74) is 4.88. The van der Waals surface area contributed by atoms with Crippen molar-refractivity contribution in [1.82, 2.24) is 4.98 Å². The topological polar surface area (TPSA) is 65.4 Å². The van der Waals surface area contributed by atoms with Crippen molar-refractivity contribution in [2.75, 3.05) is 36.2 Å². The van der Waals surface area contributed by atoms with Gasteiger partial charge in [0.25, 0.3) is 0 Å². The van der Waals surface area contributed by atoms with Crippen LogP contribution in [0, 0.1) is 0 Å². The fraction of sp³-hybridized carbons (Fsp3) is 0.241. The number of ether oxygens (including phenoxy) is 1. The van der Waals surface area contributed by atoms with E-state index in [9.17, 15) is 4.79 Å². The first-order valence-corrected chi connectivity index (χ1v) is 13.4. The highest BCUT2D eigenvalue weighted by Gasteiger charge is 2.40. The van der Waals surface area contributed by atoms with Crippen molar-refractivity contribution in [3.8, 4) is 0 Å². The van der Waals surface area contributed by atoms with Crippen LogP contribution < -0.4 is 14.8 Å². The molecule has 1 saturated heterocycles. The highest BCUT2D eigenvalue weighted by atomic mass is 35.5. The quantitative estimate of drug-likeness (QED) is 0.362. The van der Waals surface area contributed by atoms with Crippen LogP contribution >= 0.6 is 23.2 Å². The second kappa shape index (κ2) is 10.4.